The lowest BCUT2D eigenvalue weighted by molar-refractivity contribution is 0.0600. The van der Waals surface area contributed by atoms with E-state index in [-0.39, 0.29) is 11.7 Å². The first-order valence-electron chi connectivity index (χ1n) is 12.2. The standard InChI is InChI=1S/C28H27N5O5S2/c1-37-24-14-13-18(17-21(24)31-40(3,35)36)33-26(25(30-28(33)39)20-10-6-7-15-29-20)23-12-8-16-32(23)22-11-5-4-9-19(22)27(34)38-2/h4-17,25-26,31H,1-3H3,(H,30,39)/t25-,26-/m1/s1. The third kappa shape index (κ3) is 5.23. The lowest BCUT2D eigenvalue weighted by atomic mass is 10.00. The van der Waals surface area contributed by atoms with Gasteiger partial charge in [-0.25, -0.2) is 13.2 Å². The lowest BCUT2D eigenvalue weighted by Crippen LogP contribution is -2.30. The predicted molar refractivity (Wildman–Crippen MR) is 157 cm³/mol. The number of aromatic nitrogens is 2. The molecule has 4 aromatic rings. The molecule has 0 aliphatic carbocycles. The van der Waals surface area contributed by atoms with E-state index in [0.717, 1.165) is 17.6 Å². The summed E-state index contributed by atoms with van der Waals surface area (Å²) in [5.74, 6) is -0.0967. The Balaban J connectivity index is 1.69. The number of para-hydroxylation sites is 1. The maximum atomic E-state index is 12.6. The average molecular weight is 578 g/mol. The number of ether oxygens (including phenoxy) is 2. The minimum atomic E-state index is -3.59. The van der Waals surface area contributed by atoms with Crippen LogP contribution in [0.2, 0.25) is 0 Å². The van der Waals surface area contributed by atoms with Gasteiger partial charge in [-0.1, -0.05) is 18.2 Å². The first-order chi connectivity index (χ1) is 19.2. The van der Waals surface area contributed by atoms with Crippen molar-refractivity contribution in [2.75, 3.05) is 30.1 Å². The van der Waals surface area contributed by atoms with Gasteiger partial charge in [-0.05, 0) is 66.8 Å². The topological polar surface area (TPSA) is 115 Å². The highest BCUT2D eigenvalue weighted by Gasteiger charge is 2.42. The molecule has 1 fully saturated rings. The van der Waals surface area contributed by atoms with Crippen LogP contribution in [-0.2, 0) is 14.8 Å². The number of thiocarbonyl (C=S) groups is 1. The fourth-order valence-corrected chi connectivity index (χ4v) is 5.78. The van der Waals surface area contributed by atoms with Crippen LogP contribution in [0, 0.1) is 0 Å². The van der Waals surface area contributed by atoms with E-state index in [2.05, 4.69) is 15.0 Å². The monoisotopic (exact) mass is 577 g/mol. The normalized spacial score (nSPS) is 16.9. The number of carbonyl (C=O) groups is 1. The fourth-order valence-electron chi connectivity index (χ4n) is 4.88. The van der Waals surface area contributed by atoms with Crippen molar-refractivity contribution in [3.8, 4) is 11.4 Å². The highest BCUT2D eigenvalue weighted by Crippen LogP contribution is 2.44. The Hall–Kier alpha value is -4.42. The summed E-state index contributed by atoms with van der Waals surface area (Å²) >= 11 is 5.84. The summed E-state index contributed by atoms with van der Waals surface area (Å²) in [6.07, 6.45) is 4.66. The van der Waals surface area contributed by atoms with Gasteiger partial charge in [0.25, 0.3) is 0 Å². The van der Waals surface area contributed by atoms with E-state index in [4.69, 9.17) is 21.7 Å². The largest absolute Gasteiger partial charge is 0.495 e. The van der Waals surface area contributed by atoms with Gasteiger partial charge in [0.2, 0.25) is 10.0 Å². The number of sulfonamides is 1. The van der Waals surface area contributed by atoms with Crippen molar-refractivity contribution in [2.24, 2.45) is 0 Å². The zero-order chi connectivity index (χ0) is 28.4. The molecule has 3 heterocycles. The summed E-state index contributed by atoms with van der Waals surface area (Å²) in [4.78, 5) is 19.1. The van der Waals surface area contributed by atoms with E-state index in [0.29, 0.717) is 27.8 Å². The molecule has 1 saturated heterocycles. The van der Waals surface area contributed by atoms with Gasteiger partial charge in [0.15, 0.2) is 5.11 Å². The Morgan fingerprint density at radius 3 is 2.52 bits per heavy atom. The number of rotatable bonds is 8. The smallest absolute Gasteiger partial charge is 0.339 e. The number of anilines is 2. The summed E-state index contributed by atoms with van der Waals surface area (Å²) in [5.41, 5.74) is 3.52. The fraction of sp³-hybridized carbons (Fsp3) is 0.179. The first kappa shape index (κ1) is 27.2. The highest BCUT2D eigenvalue weighted by atomic mass is 32.2. The van der Waals surface area contributed by atoms with Crippen molar-refractivity contribution in [3.63, 3.8) is 0 Å². The van der Waals surface area contributed by atoms with Gasteiger partial charge in [0.1, 0.15) is 11.8 Å². The van der Waals surface area contributed by atoms with E-state index in [1.807, 2.05) is 64.2 Å². The van der Waals surface area contributed by atoms with Crippen molar-refractivity contribution >= 4 is 44.7 Å². The average Bonchev–Trinajstić information content (AvgIpc) is 3.56. The molecular formula is C28H27N5O5S2. The number of methoxy groups -OCH3 is 2. The van der Waals surface area contributed by atoms with Gasteiger partial charge in [0.05, 0.1) is 49.1 Å². The quantitative estimate of drug-likeness (QED) is 0.235. The number of hydrogen-bond acceptors (Lipinski definition) is 7. The van der Waals surface area contributed by atoms with Crippen molar-refractivity contribution in [3.05, 3.63) is 102 Å². The van der Waals surface area contributed by atoms with Gasteiger partial charge in [-0.15, -0.1) is 0 Å². The van der Waals surface area contributed by atoms with Crippen LogP contribution in [0.25, 0.3) is 5.69 Å². The molecule has 0 radical (unpaired) electrons. The molecular weight excluding hydrogens is 550 g/mol. The molecule has 1 aliphatic rings. The van der Waals surface area contributed by atoms with Crippen molar-refractivity contribution < 1.29 is 22.7 Å². The number of pyridine rings is 1. The summed E-state index contributed by atoms with van der Waals surface area (Å²) in [6, 6.07) is 21.0. The van der Waals surface area contributed by atoms with Crippen LogP contribution < -0.4 is 19.7 Å². The van der Waals surface area contributed by atoms with Crippen molar-refractivity contribution in [1.82, 2.24) is 14.9 Å². The Morgan fingerprint density at radius 1 is 1.05 bits per heavy atom. The summed E-state index contributed by atoms with van der Waals surface area (Å²) < 4.78 is 39.1. The molecule has 206 valence electrons. The molecule has 12 heteroatoms. The zero-order valence-corrected chi connectivity index (χ0v) is 23.6. The van der Waals surface area contributed by atoms with Gasteiger partial charge in [0, 0.05) is 23.8 Å². The molecule has 0 saturated carbocycles. The Bertz CT molecular complexity index is 1670. The van der Waals surface area contributed by atoms with E-state index < -0.39 is 22.0 Å². The van der Waals surface area contributed by atoms with E-state index in [9.17, 15) is 13.2 Å². The number of esters is 1. The second-order valence-electron chi connectivity index (χ2n) is 9.07. The molecule has 2 N–H and O–H groups in total. The molecule has 10 nitrogen and oxygen atoms in total. The van der Waals surface area contributed by atoms with Crippen LogP contribution in [0.1, 0.15) is 33.8 Å². The number of nitrogens with one attached hydrogen (secondary N) is 2. The van der Waals surface area contributed by atoms with E-state index in [1.165, 1.54) is 14.2 Å². The van der Waals surface area contributed by atoms with Crippen LogP contribution in [0.3, 0.4) is 0 Å². The minimum Gasteiger partial charge on any atom is -0.495 e. The number of benzene rings is 2. The molecule has 40 heavy (non-hydrogen) atoms. The molecule has 0 unspecified atom stereocenters. The number of carbonyl (C=O) groups excluding carboxylic acids is 1. The summed E-state index contributed by atoms with van der Waals surface area (Å²) in [5, 5.41) is 3.82. The first-order valence-corrected chi connectivity index (χ1v) is 14.5. The molecule has 0 bridgehead atoms. The van der Waals surface area contributed by atoms with Gasteiger partial charge in [-0.3, -0.25) is 9.71 Å². The number of hydrogen-bond donors (Lipinski definition) is 2. The van der Waals surface area contributed by atoms with E-state index in [1.54, 1.807) is 30.5 Å². The molecule has 2 atom stereocenters. The molecule has 5 rings (SSSR count). The van der Waals surface area contributed by atoms with Crippen LogP contribution in [0.5, 0.6) is 5.75 Å². The second-order valence-corrected chi connectivity index (χ2v) is 11.2. The van der Waals surface area contributed by atoms with Crippen molar-refractivity contribution in [1.29, 1.82) is 0 Å². The Morgan fingerprint density at radius 2 is 1.82 bits per heavy atom. The summed E-state index contributed by atoms with van der Waals surface area (Å²) in [6.45, 7) is 0. The highest BCUT2D eigenvalue weighted by molar-refractivity contribution is 7.92. The van der Waals surface area contributed by atoms with Crippen LogP contribution in [-0.4, -0.2) is 49.5 Å². The van der Waals surface area contributed by atoms with Crippen LogP contribution >= 0.6 is 12.2 Å². The third-order valence-electron chi connectivity index (χ3n) is 6.51. The lowest BCUT2D eigenvalue weighted by Gasteiger charge is -2.29. The van der Waals surface area contributed by atoms with E-state index >= 15 is 0 Å². The zero-order valence-electron chi connectivity index (χ0n) is 21.9. The van der Waals surface area contributed by atoms with Crippen LogP contribution in [0.15, 0.2) is 85.2 Å². The molecule has 2 aromatic carbocycles. The number of nitrogens with zero attached hydrogens (tertiary/aromatic N) is 3. The maximum Gasteiger partial charge on any atom is 0.339 e. The molecule has 1 aliphatic heterocycles. The van der Waals surface area contributed by atoms with Crippen LogP contribution in [0.4, 0.5) is 11.4 Å². The second kappa shape index (κ2) is 11.0. The van der Waals surface area contributed by atoms with Gasteiger partial charge in [-0.2, -0.15) is 0 Å². The molecule has 0 amide bonds. The van der Waals surface area contributed by atoms with Gasteiger partial charge >= 0.3 is 5.97 Å². The summed E-state index contributed by atoms with van der Waals surface area (Å²) in [7, 11) is -0.772. The predicted octanol–water partition coefficient (Wildman–Crippen LogP) is 4.22. The Kier molecular flexibility index (Phi) is 7.46. The maximum absolute atomic E-state index is 12.6. The van der Waals surface area contributed by atoms with Gasteiger partial charge < -0.3 is 24.3 Å². The minimum absolute atomic E-state index is 0.275. The van der Waals surface area contributed by atoms with Crippen molar-refractivity contribution in [2.45, 2.75) is 12.1 Å². The molecule has 2 aromatic heterocycles. The SMILES string of the molecule is COC(=O)c1ccccc1-n1cccc1[C@@H]1[C@@H](c2ccccn2)NC(=S)N1c1ccc(OC)c(NS(C)(=O)=O)c1. The Labute approximate surface area is 237 Å². The third-order valence-corrected chi connectivity index (χ3v) is 7.41. The molecule has 0 spiro atoms.